The molecule has 3 atom stereocenters. The summed E-state index contributed by atoms with van der Waals surface area (Å²) < 4.78 is 32.7. The van der Waals surface area contributed by atoms with E-state index in [0.717, 1.165) is 19.3 Å². The first kappa shape index (κ1) is 14.2. The third-order valence-electron chi connectivity index (χ3n) is 4.48. The lowest BCUT2D eigenvalue weighted by Gasteiger charge is -2.22. The van der Waals surface area contributed by atoms with Gasteiger partial charge in [-0.15, -0.1) is 0 Å². The molecule has 1 N–H and O–H groups in total. The maximum Gasteiger partial charge on any atom is 0.240 e. The lowest BCUT2D eigenvalue weighted by atomic mass is 9.96. The van der Waals surface area contributed by atoms with Gasteiger partial charge in [-0.3, -0.25) is 0 Å². The summed E-state index contributed by atoms with van der Waals surface area (Å²) in [7, 11) is -2.00. The number of nitrogens with one attached hydrogen (secondary N) is 1. The average molecular weight is 316 g/mol. The molecular weight excluding hydrogens is 298 g/mol. The molecule has 20 heavy (non-hydrogen) atoms. The molecule has 0 unspecified atom stereocenters. The molecule has 110 valence electrons. The Morgan fingerprint density at radius 2 is 2.10 bits per heavy atom. The highest BCUT2D eigenvalue weighted by molar-refractivity contribution is 7.89. The Labute approximate surface area is 124 Å². The summed E-state index contributed by atoms with van der Waals surface area (Å²) in [5.74, 6) is 1.68. The van der Waals surface area contributed by atoms with Gasteiger partial charge in [-0.2, -0.15) is 0 Å². The fourth-order valence-corrected chi connectivity index (χ4v) is 5.14. The SMILES string of the molecule is COc1ccc(S(=O)(=O)N[C@@H]2C[C@H]3CC[C@H]2C3)cc1Cl. The van der Waals surface area contributed by atoms with Gasteiger partial charge >= 0.3 is 0 Å². The van der Waals surface area contributed by atoms with Crippen molar-refractivity contribution >= 4 is 21.6 Å². The van der Waals surface area contributed by atoms with Crippen molar-refractivity contribution in [2.45, 2.75) is 36.6 Å². The van der Waals surface area contributed by atoms with Gasteiger partial charge < -0.3 is 4.74 Å². The van der Waals surface area contributed by atoms with Crippen molar-refractivity contribution in [1.82, 2.24) is 4.72 Å². The average Bonchev–Trinajstić information content (AvgIpc) is 3.00. The fraction of sp³-hybridized carbons (Fsp3) is 0.571. The van der Waals surface area contributed by atoms with Crippen LogP contribution in [0.25, 0.3) is 0 Å². The molecule has 1 aromatic rings. The number of halogens is 1. The van der Waals surface area contributed by atoms with Crippen LogP contribution in [-0.2, 0) is 10.0 Å². The Morgan fingerprint density at radius 3 is 2.65 bits per heavy atom. The van der Waals surface area contributed by atoms with Crippen LogP contribution in [0.4, 0.5) is 0 Å². The Hall–Kier alpha value is -0.780. The first-order valence-corrected chi connectivity index (χ1v) is 8.71. The van der Waals surface area contributed by atoms with Crippen LogP contribution in [0.2, 0.25) is 5.02 Å². The molecule has 0 amide bonds. The van der Waals surface area contributed by atoms with Crippen LogP contribution in [0.3, 0.4) is 0 Å². The Balaban J connectivity index is 1.79. The minimum Gasteiger partial charge on any atom is -0.495 e. The third kappa shape index (κ3) is 2.54. The molecule has 2 bridgehead atoms. The lowest BCUT2D eigenvalue weighted by molar-refractivity contribution is 0.390. The Morgan fingerprint density at radius 1 is 1.30 bits per heavy atom. The second kappa shape index (κ2) is 5.20. The number of methoxy groups -OCH3 is 1. The number of ether oxygens (including phenoxy) is 1. The molecule has 2 aliphatic carbocycles. The zero-order valence-electron chi connectivity index (χ0n) is 11.3. The van der Waals surface area contributed by atoms with Crippen LogP contribution < -0.4 is 9.46 Å². The standard InChI is InChI=1S/C14H18ClNO3S/c1-19-14-5-4-11(8-12(14)15)20(17,18)16-13-7-9-2-3-10(13)6-9/h4-5,8-10,13,16H,2-3,6-7H2,1H3/t9-,10-,13+/m0/s1. The smallest absolute Gasteiger partial charge is 0.240 e. The Bertz CT molecular complexity index is 617. The highest BCUT2D eigenvalue weighted by Crippen LogP contribution is 2.44. The molecule has 3 rings (SSSR count). The van der Waals surface area contributed by atoms with E-state index in [9.17, 15) is 8.42 Å². The lowest BCUT2D eigenvalue weighted by Crippen LogP contribution is -2.38. The van der Waals surface area contributed by atoms with Crippen LogP contribution in [0.1, 0.15) is 25.7 Å². The maximum atomic E-state index is 12.4. The molecule has 0 spiro atoms. The third-order valence-corrected chi connectivity index (χ3v) is 6.26. The van der Waals surface area contributed by atoms with Gasteiger partial charge in [0, 0.05) is 6.04 Å². The van der Waals surface area contributed by atoms with E-state index >= 15 is 0 Å². The van der Waals surface area contributed by atoms with Crippen molar-refractivity contribution in [3.63, 3.8) is 0 Å². The largest absolute Gasteiger partial charge is 0.495 e. The molecule has 2 fully saturated rings. The van der Waals surface area contributed by atoms with Gasteiger partial charge in [0.15, 0.2) is 0 Å². The summed E-state index contributed by atoms with van der Waals surface area (Å²) in [5.41, 5.74) is 0. The van der Waals surface area contributed by atoms with Crippen molar-refractivity contribution in [2.24, 2.45) is 11.8 Å². The van der Waals surface area contributed by atoms with Crippen molar-refractivity contribution in [3.05, 3.63) is 23.2 Å². The maximum absolute atomic E-state index is 12.4. The highest BCUT2D eigenvalue weighted by atomic mass is 35.5. The molecule has 4 nitrogen and oxygen atoms in total. The summed E-state index contributed by atoms with van der Waals surface area (Å²) in [6.07, 6.45) is 4.52. The number of hydrogen-bond acceptors (Lipinski definition) is 3. The van der Waals surface area contributed by atoms with Gasteiger partial charge in [0.1, 0.15) is 5.75 Å². The Kier molecular flexibility index (Phi) is 3.69. The van der Waals surface area contributed by atoms with Crippen molar-refractivity contribution in [1.29, 1.82) is 0 Å². The minimum atomic E-state index is -3.50. The predicted molar refractivity (Wildman–Crippen MR) is 77.6 cm³/mol. The predicted octanol–water partition coefficient (Wildman–Crippen LogP) is 2.82. The number of benzene rings is 1. The summed E-state index contributed by atoms with van der Waals surface area (Å²) in [5, 5.41) is 0.309. The van der Waals surface area contributed by atoms with Gasteiger partial charge in [0.05, 0.1) is 17.0 Å². The number of sulfonamides is 1. The van der Waals surface area contributed by atoms with E-state index in [0.29, 0.717) is 22.6 Å². The van der Waals surface area contributed by atoms with Gasteiger partial charge in [0.2, 0.25) is 10.0 Å². The van der Waals surface area contributed by atoms with Crippen LogP contribution in [-0.4, -0.2) is 21.6 Å². The minimum absolute atomic E-state index is 0.0830. The summed E-state index contributed by atoms with van der Waals surface area (Å²) >= 11 is 6.00. The molecule has 0 saturated heterocycles. The quantitative estimate of drug-likeness (QED) is 0.929. The van der Waals surface area contributed by atoms with Gasteiger partial charge in [-0.25, -0.2) is 13.1 Å². The molecule has 0 radical (unpaired) electrons. The molecule has 2 saturated carbocycles. The van der Waals surface area contributed by atoms with Crippen LogP contribution >= 0.6 is 11.6 Å². The van der Waals surface area contributed by atoms with Crippen LogP contribution in [0.15, 0.2) is 23.1 Å². The van der Waals surface area contributed by atoms with E-state index < -0.39 is 10.0 Å². The van der Waals surface area contributed by atoms with Crippen molar-refractivity contribution < 1.29 is 13.2 Å². The van der Waals surface area contributed by atoms with Gasteiger partial charge in [0.25, 0.3) is 0 Å². The van der Waals surface area contributed by atoms with Crippen molar-refractivity contribution in [3.8, 4) is 5.75 Å². The zero-order valence-corrected chi connectivity index (χ0v) is 12.9. The van der Waals surface area contributed by atoms with E-state index in [1.165, 1.54) is 25.7 Å². The number of rotatable bonds is 4. The number of fused-ring (bicyclic) bond motifs is 2. The first-order valence-electron chi connectivity index (χ1n) is 6.85. The molecule has 0 aromatic heterocycles. The topological polar surface area (TPSA) is 55.4 Å². The fourth-order valence-electron chi connectivity index (χ4n) is 3.47. The second-order valence-electron chi connectivity index (χ2n) is 5.70. The van der Waals surface area contributed by atoms with Crippen LogP contribution in [0, 0.1) is 11.8 Å². The van der Waals surface area contributed by atoms with Gasteiger partial charge in [-0.1, -0.05) is 18.0 Å². The summed E-state index contributed by atoms with van der Waals surface area (Å²) in [6, 6.07) is 4.63. The van der Waals surface area contributed by atoms with Crippen molar-refractivity contribution in [2.75, 3.05) is 7.11 Å². The van der Waals surface area contributed by atoms with E-state index in [1.54, 1.807) is 6.07 Å². The van der Waals surface area contributed by atoms with Gasteiger partial charge in [-0.05, 0) is 49.3 Å². The highest BCUT2D eigenvalue weighted by Gasteiger charge is 2.41. The molecular formula is C14H18ClNO3S. The molecule has 6 heteroatoms. The first-order chi connectivity index (χ1) is 9.49. The van der Waals surface area contributed by atoms with E-state index in [-0.39, 0.29) is 10.9 Å². The number of hydrogen-bond donors (Lipinski definition) is 1. The molecule has 0 heterocycles. The second-order valence-corrected chi connectivity index (χ2v) is 7.82. The van der Waals surface area contributed by atoms with E-state index in [4.69, 9.17) is 16.3 Å². The van der Waals surface area contributed by atoms with Crippen LogP contribution in [0.5, 0.6) is 5.75 Å². The molecule has 0 aliphatic heterocycles. The monoisotopic (exact) mass is 315 g/mol. The summed E-state index contributed by atoms with van der Waals surface area (Å²) in [6.45, 7) is 0. The zero-order chi connectivity index (χ0) is 14.3. The molecule has 1 aromatic carbocycles. The normalized spacial score (nSPS) is 28.8. The van der Waals surface area contributed by atoms with E-state index in [1.807, 2.05) is 0 Å². The summed E-state index contributed by atoms with van der Waals surface area (Å²) in [4.78, 5) is 0.200. The van der Waals surface area contributed by atoms with E-state index in [2.05, 4.69) is 4.72 Å². The molecule has 2 aliphatic rings.